The summed E-state index contributed by atoms with van der Waals surface area (Å²) in [5.74, 6) is -0.496. The first-order chi connectivity index (χ1) is 11.6. The molecular weight excluding hydrogens is 330 g/mol. The summed E-state index contributed by atoms with van der Waals surface area (Å²) in [6.45, 7) is 0.342. The number of ether oxygens (including phenoxy) is 1. The van der Waals surface area contributed by atoms with Crippen molar-refractivity contribution in [2.24, 2.45) is 0 Å². The number of aryl methyl sites for hydroxylation is 1. The number of hydrogen-bond donors (Lipinski definition) is 1. The summed E-state index contributed by atoms with van der Waals surface area (Å²) in [6.07, 6.45) is 2.87. The van der Waals surface area contributed by atoms with Crippen molar-refractivity contribution in [1.29, 1.82) is 0 Å². The molecule has 0 saturated heterocycles. The zero-order chi connectivity index (χ0) is 17.1. The number of benzene rings is 1. The van der Waals surface area contributed by atoms with E-state index in [1.165, 1.54) is 7.11 Å². The molecule has 1 aliphatic rings. The van der Waals surface area contributed by atoms with Crippen LogP contribution in [0.2, 0.25) is 5.02 Å². The fourth-order valence-electron chi connectivity index (χ4n) is 2.89. The molecule has 2 aromatic rings. The molecule has 1 aliphatic heterocycles. The lowest BCUT2D eigenvalue weighted by molar-refractivity contribution is -0.154. The first kappa shape index (κ1) is 16.5. The number of halogens is 1. The molecule has 1 atom stereocenters. The van der Waals surface area contributed by atoms with Gasteiger partial charge in [-0.3, -0.25) is 4.79 Å². The van der Waals surface area contributed by atoms with E-state index >= 15 is 0 Å². The van der Waals surface area contributed by atoms with Crippen LogP contribution in [0, 0.1) is 0 Å². The quantitative estimate of drug-likeness (QED) is 0.860. The molecule has 0 saturated carbocycles. The smallest absolute Gasteiger partial charge is 0.329 e. The monoisotopic (exact) mass is 347 g/mol. The zero-order valence-electron chi connectivity index (χ0n) is 13.3. The molecule has 0 radical (unpaired) electrons. The average molecular weight is 348 g/mol. The second kappa shape index (κ2) is 7.05. The van der Waals surface area contributed by atoms with Crippen LogP contribution in [0.25, 0.3) is 0 Å². The van der Waals surface area contributed by atoms with Crippen LogP contribution in [-0.2, 0) is 33.7 Å². The van der Waals surface area contributed by atoms with Crippen molar-refractivity contribution >= 4 is 23.5 Å². The Kier molecular flexibility index (Phi) is 4.85. The maximum Gasteiger partial charge on any atom is 0.329 e. The van der Waals surface area contributed by atoms with Crippen molar-refractivity contribution in [1.82, 2.24) is 14.9 Å². The number of nitrogens with zero attached hydrogens (tertiary/aromatic N) is 2. The summed E-state index contributed by atoms with van der Waals surface area (Å²) in [4.78, 5) is 33.5. The lowest BCUT2D eigenvalue weighted by Gasteiger charge is -2.33. The summed E-state index contributed by atoms with van der Waals surface area (Å²) in [6, 6.07) is 6.78. The predicted octanol–water partition coefficient (Wildman–Crippen LogP) is 2.12. The number of rotatable bonds is 4. The number of amides is 1. The topological polar surface area (TPSA) is 75.3 Å². The van der Waals surface area contributed by atoms with Crippen molar-refractivity contribution in [2.45, 2.75) is 31.8 Å². The third-order valence-corrected chi connectivity index (χ3v) is 4.49. The summed E-state index contributed by atoms with van der Waals surface area (Å²) < 4.78 is 4.85. The molecule has 3 rings (SSSR count). The minimum Gasteiger partial charge on any atom is -0.467 e. The third-order valence-electron chi connectivity index (χ3n) is 4.23. The minimum atomic E-state index is -0.622. The Hall–Kier alpha value is -2.34. The van der Waals surface area contributed by atoms with Crippen LogP contribution in [0.5, 0.6) is 0 Å². The van der Waals surface area contributed by atoms with E-state index in [1.54, 1.807) is 23.4 Å². The summed E-state index contributed by atoms with van der Waals surface area (Å²) >= 11 is 5.87. The van der Waals surface area contributed by atoms with Crippen LogP contribution < -0.4 is 0 Å². The average Bonchev–Trinajstić information content (AvgIpc) is 3.06. The highest BCUT2D eigenvalue weighted by Gasteiger charge is 2.36. The predicted molar refractivity (Wildman–Crippen MR) is 88.4 cm³/mol. The molecule has 1 unspecified atom stereocenters. The van der Waals surface area contributed by atoms with E-state index in [0.29, 0.717) is 30.8 Å². The van der Waals surface area contributed by atoms with Gasteiger partial charge in [-0.05, 0) is 24.1 Å². The largest absolute Gasteiger partial charge is 0.467 e. The second-order valence-electron chi connectivity index (χ2n) is 5.72. The Morgan fingerprint density at radius 3 is 2.83 bits per heavy atom. The van der Waals surface area contributed by atoms with Gasteiger partial charge in [0.05, 0.1) is 31.4 Å². The lowest BCUT2D eigenvalue weighted by Crippen LogP contribution is -2.49. The summed E-state index contributed by atoms with van der Waals surface area (Å²) in [5, 5.41) is 0.665. The number of fused-ring (bicyclic) bond motifs is 1. The van der Waals surface area contributed by atoms with Crippen LogP contribution in [0.3, 0.4) is 0 Å². The van der Waals surface area contributed by atoms with Crippen molar-refractivity contribution in [3.63, 3.8) is 0 Å². The Labute approximate surface area is 144 Å². The molecule has 0 bridgehead atoms. The van der Waals surface area contributed by atoms with E-state index in [-0.39, 0.29) is 5.91 Å². The fraction of sp³-hybridized carbons (Fsp3) is 0.353. The van der Waals surface area contributed by atoms with Crippen LogP contribution in [0.4, 0.5) is 0 Å². The van der Waals surface area contributed by atoms with Gasteiger partial charge in [0.1, 0.15) is 6.04 Å². The van der Waals surface area contributed by atoms with E-state index in [2.05, 4.69) is 9.97 Å². The molecule has 1 aromatic heterocycles. The van der Waals surface area contributed by atoms with Crippen molar-refractivity contribution in [3.8, 4) is 0 Å². The van der Waals surface area contributed by atoms with Gasteiger partial charge >= 0.3 is 5.97 Å². The number of H-pyrrole nitrogens is 1. The SMILES string of the molecule is COC(=O)C1Cc2nc[nH]c2CN1C(=O)CCc1ccc(Cl)cc1. The highest BCUT2D eigenvalue weighted by atomic mass is 35.5. The number of carbonyl (C=O) groups excluding carboxylic acids is 2. The number of esters is 1. The van der Waals surface area contributed by atoms with Gasteiger partial charge in [0.25, 0.3) is 0 Å². The number of methoxy groups -OCH3 is 1. The van der Waals surface area contributed by atoms with Gasteiger partial charge in [0, 0.05) is 17.9 Å². The van der Waals surface area contributed by atoms with Gasteiger partial charge < -0.3 is 14.6 Å². The first-order valence-electron chi connectivity index (χ1n) is 7.71. The molecule has 2 heterocycles. The molecule has 126 valence electrons. The van der Waals surface area contributed by atoms with Crippen molar-refractivity contribution < 1.29 is 14.3 Å². The lowest BCUT2D eigenvalue weighted by atomic mass is 10.0. The highest BCUT2D eigenvalue weighted by Crippen LogP contribution is 2.23. The van der Waals surface area contributed by atoms with Crippen molar-refractivity contribution in [3.05, 3.63) is 52.6 Å². The number of carbonyl (C=O) groups is 2. The summed E-state index contributed by atoms with van der Waals surface area (Å²) in [7, 11) is 1.33. The maximum atomic E-state index is 12.7. The number of hydrogen-bond acceptors (Lipinski definition) is 4. The van der Waals surface area contributed by atoms with E-state index in [9.17, 15) is 9.59 Å². The number of nitrogens with one attached hydrogen (secondary N) is 1. The van der Waals surface area contributed by atoms with Gasteiger partial charge in [-0.1, -0.05) is 23.7 Å². The standard InChI is InChI=1S/C17H18ClN3O3/c1-24-17(23)15-8-13-14(20-10-19-13)9-21(15)16(22)7-4-11-2-5-12(18)6-3-11/h2-3,5-6,10,15H,4,7-9H2,1H3,(H,19,20). The molecule has 1 N–H and O–H groups in total. The third kappa shape index (κ3) is 3.43. The molecular formula is C17H18ClN3O3. The molecule has 7 heteroatoms. The van der Waals surface area contributed by atoms with Gasteiger partial charge in [-0.25, -0.2) is 9.78 Å². The minimum absolute atomic E-state index is 0.0828. The van der Waals surface area contributed by atoms with Crippen LogP contribution in [0.15, 0.2) is 30.6 Å². The van der Waals surface area contributed by atoms with E-state index in [4.69, 9.17) is 16.3 Å². The Balaban J connectivity index is 1.71. The Morgan fingerprint density at radius 2 is 2.12 bits per heavy atom. The van der Waals surface area contributed by atoms with E-state index < -0.39 is 12.0 Å². The van der Waals surface area contributed by atoms with E-state index in [1.807, 2.05) is 12.1 Å². The molecule has 0 spiro atoms. The maximum absolute atomic E-state index is 12.7. The summed E-state index contributed by atoms with van der Waals surface area (Å²) in [5.41, 5.74) is 2.71. The number of aromatic nitrogens is 2. The molecule has 6 nitrogen and oxygen atoms in total. The molecule has 1 amide bonds. The first-order valence-corrected chi connectivity index (χ1v) is 8.09. The molecule has 1 aromatic carbocycles. The van der Waals surface area contributed by atoms with Crippen LogP contribution in [0.1, 0.15) is 23.4 Å². The molecule has 0 fully saturated rings. The Bertz CT molecular complexity index is 742. The van der Waals surface area contributed by atoms with E-state index in [0.717, 1.165) is 17.0 Å². The normalized spacial score (nSPS) is 16.6. The van der Waals surface area contributed by atoms with Gasteiger partial charge in [0.2, 0.25) is 5.91 Å². The van der Waals surface area contributed by atoms with Crippen molar-refractivity contribution in [2.75, 3.05) is 7.11 Å². The molecule has 24 heavy (non-hydrogen) atoms. The van der Waals surface area contributed by atoms with Crippen LogP contribution >= 0.6 is 11.6 Å². The molecule has 0 aliphatic carbocycles. The highest BCUT2D eigenvalue weighted by molar-refractivity contribution is 6.30. The van der Waals surface area contributed by atoms with Gasteiger partial charge in [-0.2, -0.15) is 0 Å². The van der Waals surface area contributed by atoms with Gasteiger partial charge in [0.15, 0.2) is 0 Å². The fourth-order valence-corrected chi connectivity index (χ4v) is 3.02. The number of aromatic amines is 1. The second-order valence-corrected chi connectivity index (χ2v) is 6.16. The Morgan fingerprint density at radius 1 is 1.38 bits per heavy atom. The zero-order valence-corrected chi connectivity index (χ0v) is 14.0. The van der Waals surface area contributed by atoms with Gasteiger partial charge in [-0.15, -0.1) is 0 Å². The number of imidazole rings is 1. The van der Waals surface area contributed by atoms with Crippen LogP contribution in [-0.4, -0.2) is 39.9 Å².